The zero-order valence-corrected chi connectivity index (χ0v) is 8.07. The summed E-state index contributed by atoms with van der Waals surface area (Å²) in [4.78, 5) is 0. The number of rotatable bonds is 0. The lowest BCUT2D eigenvalue weighted by molar-refractivity contribution is 0.124. The molecule has 0 atom stereocenters. The summed E-state index contributed by atoms with van der Waals surface area (Å²) < 4.78 is 0. The van der Waals surface area contributed by atoms with Crippen molar-refractivity contribution in [1.29, 1.82) is 0 Å². The van der Waals surface area contributed by atoms with E-state index in [1.54, 1.807) is 25.7 Å². The second-order valence-corrected chi connectivity index (χ2v) is 4.62. The summed E-state index contributed by atoms with van der Waals surface area (Å²) in [7, 11) is 0. The average Bonchev–Trinajstić information content (AvgIpc) is 2.07. The first-order chi connectivity index (χ1) is 5.41. The van der Waals surface area contributed by atoms with E-state index < -0.39 is 0 Å². The molecule has 0 unspecified atom stereocenters. The van der Waals surface area contributed by atoms with Crippen LogP contribution in [0.2, 0.25) is 0 Å². The molecular weight excluding hydrogens is 148 g/mol. The summed E-state index contributed by atoms with van der Waals surface area (Å²) in [5, 5.41) is 0. The molecule has 0 aliphatic heterocycles. The molecule has 0 aromatic heterocycles. The summed E-state index contributed by atoms with van der Waals surface area (Å²) in [6.07, 6.45) is 15.4. The van der Waals surface area contributed by atoms with Crippen molar-refractivity contribution in [3.8, 4) is 0 Å². The van der Waals surface area contributed by atoms with Crippen LogP contribution in [0.25, 0.3) is 0 Å². The van der Waals surface area contributed by atoms with Crippen LogP contribution in [0.5, 0.6) is 0 Å². The minimum Gasteiger partial charge on any atom is -0.412 e. The molecule has 0 amide bonds. The van der Waals surface area contributed by atoms with E-state index in [9.17, 15) is 0 Å². The van der Waals surface area contributed by atoms with Crippen LogP contribution in [0.4, 0.5) is 0 Å². The van der Waals surface area contributed by atoms with Crippen molar-refractivity contribution in [3.05, 3.63) is 0 Å². The Morgan fingerprint density at radius 2 is 0.833 bits per heavy atom. The van der Waals surface area contributed by atoms with Crippen LogP contribution >= 0.6 is 0 Å². The molecule has 1 spiro atoms. The van der Waals surface area contributed by atoms with E-state index in [1.807, 2.05) is 0 Å². The minimum atomic E-state index is 0. The van der Waals surface area contributed by atoms with Crippen LogP contribution < -0.4 is 0 Å². The summed E-state index contributed by atoms with van der Waals surface area (Å²) >= 11 is 0. The zero-order chi connectivity index (χ0) is 7.57. The monoisotopic (exact) mass is 170 g/mol. The van der Waals surface area contributed by atoms with Crippen molar-refractivity contribution in [2.45, 2.75) is 64.2 Å². The fraction of sp³-hybridized carbons (Fsp3) is 1.00. The molecule has 0 aromatic carbocycles. The van der Waals surface area contributed by atoms with Crippen molar-refractivity contribution in [2.75, 3.05) is 0 Å². The molecule has 2 fully saturated rings. The van der Waals surface area contributed by atoms with E-state index in [1.165, 1.54) is 38.5 Å². The molecule has 72 valence electrons. The quantitative estimate of drug-likeness (QED) is 0.535. The highest BCUT2D eigenvalue weighted by Crippen LogP contribution is 2.47. The number of hydrogen-bond donors (Lipinski definition) is 0. The first-order valence-corrected chi connectivity index (χ1v) is 5.41. The Morgan fingerprint density at radius 3 is 1.17 bits per heavy atom. The maximum atomic E-state index is 1.56. The largest absolute Gasteiger partial charge is 0.412 e. The average molecular weight is 170 g/mol. The first kappa shape index (κ1) is 10.0. The molecule has 2 aliphatic rings. The summed E-state index contributed by atoms with van der Waals surface area (Å²) in [6, 6.07) is 0. The van der Waals surface area contributed by atoms with Gasteiger partial charge in [0.05, 0.1) is 0 Å². The fourth-order valence-corrected chi connectivity index (χ4v) is 3.10. The lowest BCUT2D eigenvalue weighted by Crippen LogP contribution is -2.26. The molecule has 2 rings (SSSR count). The Hall–Kier alpha value is -0.0400. The maximum Gasteiger partial charge on any atom is -0.0297 e. The van der Waals surface area contributed by atoms with Gasteiger partial charge in [-0.1, -0.05) is 38.5 Å². The maximum absolute atomic E-state index is 1.56. The van der Waals surface area contributed by atoms with Gasteiger partial charge in [-0.2, -0.15) is 0 Å². The topological polar surface area (TPSA) is 31.5 Å². The third-order valence-corrected chi connectivity index (χ3v) is 3.83. The Kier molecular flexibility index (Phi) is 3.57. The smallest absolute Gasteiger partial charge is 0.0297 e. The lowest BCUT2D eigenvalue weighted by Gasteiger charge is -2.40. The molecule has 1 nitrogen and oxygen atoms in total. The molecule has 0 bridgehead atoms. The lowest BCUT2D eigenvalue weighted by atomic mass is 9.65. The van der Waals surface area contributed by atoms with Crippen molar-refractivity contribution in [1.82, 2.24) is 0 Å². The van der Waals surface area contributed by atoms with Gasteiger partial charge in [0.1, 0.15) is 0 Å². The van der Waals surface area contributed by atoms with Gasteiger partial charge >= 0.3 is 0 Å². The second kappa shape index (κ2) is 4.27. The molecule has 0 radical (unpaired) electrons. The van der Waals surface area contributed by atoms with Gasteiger partial charge < -0.3 is 5.48 Å². The highest BCUT2D eigenvalue weighted by Gasteiger charge is 2.32. The molecule has 2 aliphatic carbocycles. The van der Waals surface area contributed by atoms with Gasteiger partial charge in [0, 0.05) is 0 Å². The van der Waals surface area contributed by atoms with Gasteiger partial charge in [0.2, 0.25) is 0 Å². The Bertz CT molecular complexity index is 99.5. The van der Waals surface area contributed by atoms with Crippen LogP contribution in [-0.2, 0) is 0 Å². The van der Waals surface area contributed by atoms with Gasteiger partial charge in [-0.25, -0.2) is 0 Å². The van der Waals surface area contributed by atoms with E-state index in [0.29, 0.717) is 0 Å². The SMILES string of the molecule is C1CCC2(CC1)CCCCC2.O. The van der Waals surface area contributed by atoms with Crippen LogP contribution in [0.1, 0.15) is 64.2 Å². The van der Waals surface area contributed by atoms with E-state index in [-0.39, 0.29) is 5.48 Å². The molecule has 0 saturated heterocycles. The van der Waals surface area contributed by atoms with Gasteiger partial charge in [-0.3, -0.25) is 0 Å². The van der Waals surface area contributed by atoms with Gasteiger partial charge in [0.15, 0.2) is 0 Å². The molecule has 2 N–H and O–H groups in total. The summed E-state index contributed by atoms with van der Waals surface area (Å²) in [5.74, 6) is 0. The van der Waals surface area contributed by atoms with Crippen LogP contribution in [-0.4, -0.2) is 5.48 Å². The van der Waals surface area contributed by atoms with Crippen LogP contribution in [0.15, 0.2) is 0 Å². The van der Waals surface area contributed by atoms with Crippen LogP contribution in [0.3, 0.4) is 0 Å². The van der Waals surface area contributed by atoms with E-state index in [2.05, 4.69) is 0 Å². The van der Waals surface area contributed by atoms with E-state index in [4.69, 9.17) is 0 Å². The van der Waals surface area contributed by atoms with Crippen molar-refractivity contribution >= 4 is 0 Å². The van der Waals surface area contributed by atoms with Crippen molar-refractivity contribution in [3.63, 3.8) is 0 Å². The normalized spacial score (nSPS) is 28.0. The van der Waals surface area contributed by atoms with Crippen LogP contribution in [0, 0.1) is 5.41 Å². The van der Waals surface area contributed by atoms with Gasteiger partial charge in [-0.15, -0.1) is 0 Å². The standard InChI is InChI=1S/C11H20.H2O/c1-3-7-11(8-4-1)9-5-2-6-10-11;/h1-10H2;1H2. The Balaban J connectivity index is 0.000000720. The minimum absolute atomic E-state index is 0. The fourth-order valence-electron chi connectivity index (χ4n) is 3.10. The molecule has 1 heteroatoms. The van der Waals surface area contributed by atoms with E-state index in [0.717, 1.165) is 5.41 Å². The summed E-state index contributed by atoms with van der Waals surface area (Å²) in [5.41, 5.74) is 0.858. The van der Waals surface area contributed by atoms with Gasteiger partial charge in [0.25, 0.3) is 0 Å². The predicted molar refractivity (Wildman–Crippen MR) is 52.2 cm³/mol. The Morgan fingerprint density at radius 1 is 0.500 bits per heavy atom. The summed E-state index contributed by atoms with van der Waals surface area (Å²) in [6.45, 7) is 0. The third-order valence-electron chi connectivity index (χ3n) is 3.83. The molecule has 0 aromatic rings. The highest BCUT2D eigenvalue weighted by molar-refractivity contribution is 4.85. The zero-order valence-electron chi connectivity index (χ0n) is 8.07. The highest BCUT2D eigenvalue weighted by atomic mass is 16.0. The Labute approximate surface area is 75.9 Å². The first-order valence-electron chi connectivity index (χ1n) is 5.41. The molecular formula is C11H22O. The molecule has 2 saturated carbocycles. The van der Waals surface area contributed by atoms with Gasteiger partial charge in [-0.05, 0) is 31.1 Å². The third kappa shape index (κ3) is 2.01. The van der Waals surface area contributed by atoms with Crippen molar-refractivity contribution in [2.24, 2.45) is 5.41 Å². The molecule has 0 heterocycles. The van der Waals surface area contributed by atoms with Crippen molar-refractivity contribution < 1.29 is 5.48 Å². The number of hydrogen-bond acceptors (Lipinski definition) is 0. The second-order valence-electron chi connectivity index (χ2n) is 4.62. The van der Waals surface area contributed by atoms with E-state index >= 15 is 0 Å². The molecule has 12 heavy (non-hydrogen) atoms. The predicted octanol–water partition coefficient (Wildman–Crippen LogP) is 3.08.